The first kappa shape index (κ1) is 32.9. The molecule has 3 N–H and O–H groups in total. The minimum absolute atomic E-state index is 0.139. The summed E-state index contributed by atoms with van der Waals surface area (Å²) in [5.74, 6) is -0.981. The summed E-state index contributed by atoms with van der Waals surface area (Å²) < 4.78 is 15.5. The molecule has 41 heavy (non-hydrogen) atoms. The van der Waals surface area contributed by atoms with Crippen molar-refractivity contribution in [3.05, 3.63) is 83.9 Å². The van der Waals surface area contributed by atoms with Crippen LogP contribution >= 0.6 is 0 Å². The lowest BCUT2D eigenvalue weighted by molar-refractivity contribution is -0.137. The van der Waals surface area contributed by atoms with E-state index in [9.17, 15) is 19.2 Å². The Morgan fingerprint density at radius 2 is 1.49 bits per heavy atom. The minimum atomic E-state index is -0.957. The van der Waals surface area contributed by atoms with E-state index in [-0.39, 0.29) is 26.2 Å². The zero-order chi connectivity index (χ0) is 30.1. The van der Waals surface area contributed by atoms with Gasteiger partial charge in [-0.3, -0.25) is 4.79 Å². The molecule has 10 heteroatoms. The van der Waals surface area contributed by atoms with E-state index < -0.39 is 41.7 Å². The second-order valence-corrected chi connectivity index (χ2v) is 10.2. The van der Waals surface area contributed by atoms with Gasteiger partial charge in [-0.05, 0) is 58.1 Å². The highest BCUT2D eigenvalue weighted by Crippen LogP contribution is 2.10. The number of benzene rings is 2. The van der Waals surface area contributed by atoms with E-state index in [0.29, 0.717) is 12.8 Å². The smallest absolute Gasteiger partial charge is 0.408 e. The lowest BCUT2D eigenvalue weighted by Crippen LogP contribution is -2.51. The van der Waals surface area contributed by atoms with Crippen LogP contribution < -0.4 is 16.0 Å². The molecule has 0 saturated carbocycles. The predicted molar refractivity (Wildman–Crippen MR) is 155 cm³/mol. The monoisotopic (exact) mass is 567 g/mol. The Labute approximate surface area is 241 Å². The molecule has 3 amide bonds. The summed E-state index contributed by atoms with van der Waals surface area (Å²) in [4.78, 5) is 49.9. The second kappa shape index (κ2) is 17.4. The molecule has 2 rings (SSSR count). The van der Waals surface area contributed by atoms with Crippen molar-refractivity contribution in [2.75, 3.05) is 13.2 Å². The molecule has 222 valence electrons. The van der Waals surface area contributed by atoms with Crippen LogP contribution in [0, 0.1) is 0 Å². The van der Waals surface area contributed by atoms with Gasteiger partial charge >= 0.3 is 18.2 Å². The van der Waals surface area contributed by atoms with Crippen LogP contribution in [0.2, 0.25) is 0 Å². The van der Waals surface area contributed by atoms with Gasteiger partial charge in [0.1, 0.15) is 18.2 Å². The molecule has 2 atom stereocenters. The second-order valence-electron chi connectivity index (χ2n) is 10.2. The quantitative estimate of drug-likeness (QED) is 0.133. The molecule has 0 fully saturated rings. The molecular formula is C31H41N3O7. The molecule has 0 unspecified atom stereocenters. The van der Waals surface area contributed by atoms with Crippen molar-refractivity contribution in [3.8, 4) is 0 Å². The van der Waals surface area contributed by atoms with Gasteiger partial charge in [-0.1, -0.05) is 66.7 Å². The standard InChI is InChI=1S/C31H41N3O7/c1-5-39-27(35)19-18-25(21-23-13-8-6-9-14-23)33-28(36)26(34-30(38)41-31(2,3)4)17-12-20-32-29(37)40-22-24-15-10-7-11-16-24/h6-11,13-16,18-19,25-26H,5,12,17,20-22H2,1-4H3,(H,32,37)(H,33,36)(H,34,38)/b19-18+/t25-,26+/m1/s1. The Hall–Kier alpha value is -4.34. The van der Waals surface area contributed by atoms with E-state index in [0.717, 1.165) is 11.1 Å². The number of hydrogen-bond acceptors (Lipinski definition) is 7. The van der Waals surface area contributed by atoms with Gasteiger partial charge in [0.05, 0.1) is 12.6 Å². The number of ether oxygens (including phenoxy) is 3. The average molecular weight is 568 g/mol. The number of rotatable bonds is 14. The molecule has 0 bridgehead atoms. The Morgan fingerprint density at radius 1 is 0.854 bits per heavy atom. The number of amides is 3. The first-order valence-electron chi connectivity index (χ1n) is 13.7. The summed E-state index contributed by atoms with van der Waals surface area (Å²) in [6.07, 6.45) is 2.52. The van der Waals surface area contributed by atoms with E-state index in [1.165, 1.54) is 6.08 Å². The molecule has 2 aromatic rings. The molecule has 0 spiro atoms. The van der Waals surface area contributed by atoms with Crippen LogP contribution in [0.5, 0.6) is 0 Å². The summed E-state index contributed by atoms with van der Waals surface area (Å²) in [6, 6.07) is 17.3. The average Bonchev–Trinajstić information content (AvgIpc) is 2.92. The molecule has 0 aliphatic heterocycles. The first-order chi connectivity index (χ1) is 19.6. The summed E-state index contributed by atoms with van der Waals surface area (Å²) in [7, 11) is 0. The molecule has 0 aromatic heterocycles. The molecule has 10 nitrogen and oxygen atoms in total. The van der Waals surface area contributed by atoms with E-state index in [4.69, 9.17) is 14.2 Å². The molecule has 0 aliphatic rings. The molecule has 0 saturated heterocycles. The Balaban J connectivity index is 2.02. The van der Waals surface area contributed by atoms with Crippen molar-refractivity contribution in [2.45, 2.75) is 71.2 Å². The minimum Gasteiger partial charge on any atom is -0.463 e. The van der Waals surface area contributed by atoms with Gasteiger partial charge in [-0.25, -0.2) is 14.4 Å². The fraction of sp³-hybridized carbons (Fsp3) is 0.419. The fourth-order valence-electron chi connectivity index (χ4n) is 3.69. The normalized spacial score (nSPS) is 12.6. The van der Waals surface area contributed by atoms with Gasteiger partial charge < -0.3 is 30.2 Å². The van der Waals surface area contributed by atoms with Crippen LogP contribution in [-0.4, -0.2) is 54.9 Å². The van der Waals surface area contributed by atoms with Gasteiger partial charge in [0.15, 0.2) is 0 Å². The highest BCUT2D eigenvalue weighted by atomic mass is 16.6. The van der Waals surface area contributed by atoms with Gasteiger partial charge in [0.25, 0.3) is 0 Å². The predicted octanol–water partition coefficient (Wildman–Crippen LogP) is 4.43. The number of carbonyl (C=O) groups excluding carboxylic acids is 4. The van der Waals surface area contributed by atoms with Gasteiger partial charge in [-0.2, -0.15) is 0 Å². The largest absolute Gasteiger partial charge is 0.463 e. The Morgan fingerprint density at radius 3 is 2.10 bits per heavy atom. The third kappa shape index (κ3) is 14.6. The maximum absolute atomic E-state index is 13.4. The lowest BCUT2D eigenvalue weighted by Gasteiger charge is -2.25. The third-order valence-electron chi connectivity index (χ3n) is 5.54. The SMILES string of the molecule is CCOC(=O)/C=C/[C@H](Cc1ccccc1)NC(=O)[C@H](CCCNC(=O)OCc1ccccc1)NC(=O)OC(C)(C)C. The lowest BCUT2D eigenvalue weighted by atomic mass is 10.0. The van der Waals surface area contributed by atoms with Crippen molar-refractivity contribution < 1.29 is 33.4 Å². The number of esters is 1. The van der Waals surface area contributed by atoms with Gasteiger partial charge in [0, 0.05) is 12.6 Å². The van der Waals surface area contributed by atoms with Crippen LogP contribution in [-0.2, 0) is 36.8 Å². The van der Waals surface area contributed by atoms with Crippen molar-refractivity contribution >= 4 is 24.1 Å². The van der Waals surface area contributed by atoms with Crippen molar-refractivity contribution in [2.24, 2.45) is 0 Å². The van der Waals surface area contributed by atoms with E-state index >= 15 is 0 Å². The summed E-state index contributed by atoms with van der Waals surface area (Å²) in [6.45, 7) is 7.48. The summed E-state index contributed by atoms with van der Waals surface area (Å²) in [5, 5.41) is 8.19. The molecular weight excluding hydrogens is 526 g/mol. The van der Waals surface area contributed by atoms with Crippen LogP contribution in [0.3, 0.4) is 0 Å². The van der Waals surface area contributed by atoms with Crippen molar-refractivity contribution in [1.82, 2.24) is 16.0 Å². The van der Waals surface area contributed by atoms with Crippen molar-refractivity contribution in [1.29, 1.82) is 0 Å². The summed E-state index contributed by atoms with van der Waals surface area (Å²) in [5.41, 5.74) is 1.05. The van der Waals surface area contributed by atoms with E-state index in [2.05, 4.69) is 16.0 Å². The number of nitrogens with one attached hydrogen (secondary N) is 3. The first-order valence-corrected chi connectivity index (χ1v) is 13.7. The Bertz CT molecular complexity index is 1130. The maximum Gasteiger partial charge on any atom is 0.408 e. The highest BCUT2D eigenvalue weighted by Gasteiger charge is 2.25. The van der Waals surface area contributed by atoms with Gasteiger partial charge in [-0.15, -0.1) is 0 Å². The number of carbonyl (C=O) groups is 4. The maximum atomic E-state index is 13.4. The Kier molecular flexibility index (Phi) is 13.9. The van der Waals surface area contributed by atoms with Crippen molar-refractivity contribution in [3.63, 3.8) is 0 Å². The van der Waals surface area contributed by atoms with Crippen LogP contribution in [0.1, 0.15) is 51.7 Å². The van der Waals surface area contributed by atoms with Gasteiger partial charge in [0.2, 0.25) is 5.91 Å². The van der Waals surface area contributed by atoms with E-state index in [1.807, 2.05) is 60.7 Å². The molecule has 2 aromatic carbocycles. The van der Waals surface area contributed by atoms with Crippen LogP contribution in [0.15, 0.2) is 72.8 Å². The number of hydrogen-bond donors (Lipinski definition) is 3. The zero-order valence-electron chi connectivity index (χ0n) is 24.2. The zero-order valence-corrected chi connectivity index (χ0v) is 24.2. The van der Waals surface area contributed by atoms with Crippen LogP contribution in [0.25, 0.3) is 0 Å². The molecule has 0 aliphatic carbocycles. The molecule has 0 radical (unpaired) electrons. The third-order valence-corrected chi connectivity index (χ3v) is 5.54. The highest BCUT2D eigenvalue weighted by molar-refractivity contribution is 5.86. The van der Waals surface area contributed by atoms with E-state index in [1.54, 1.807) is 33.8 Å². The topological polar surface area (TPSA) is 132 Å². The summed E-state index contributed by atoms with van der Waals surface area (Å²) >= 11 is 0. The number of alkyl carbamates (subject to hydrolysis) is 2. The van der Waals surface area contributed by atoms with Crippen LogP contribution in [0.4, 0.5) is 9.59 Å². The molecule has 0 heterocycles. The fourth-order valence-corrected chi connectivity index (χ4v) is 3.69.